The fraction of sp³-hybridized carbons (Fsp3) is 0.133. The largest absolute Gasteiger partial charge is 0.478 e. The van der Waals surface area contributed by atoms with Crippen LogP contribution < -0.4 is 0 Å². The van der Waals surface area contributed by atoms with E-state index in [2.05, 4.69) is 12.1 Å². The third kappa shape index (κ3) is 7.74. The zero-order chi connectivity index (χ0) is 26.1. The van der Waals surface area contributed by atoms with Crippen LogP contribution >= 0.6 is 0 Å². The molecule has 3 aromatic carbocycles. The van der Waals surface area contributed by atoms with Crippen molar-refractivity contribution in [3.63, 3.8) is 0 Å². The third-order valence-corrected chi connectivity index (χ3v) is 5.62. The molecule has 0 saturated heterocycles. The van der Waals surface area contributed by atoms with Crippen LogP contribution in [0.2, 0.25) is 0 Å². The van der Waals surface area contributed by atoms with E-state index in [1.807, 2.05) is 67.6 Å². The Hall–Kier alpha value is -4.58. The van der Waals surface area contributed by atoms with Crippen molar-refractivity contribution in [2.24, 2.45) is 0 Å². The Morgan fingerprint density at radius 2 is 0.917 bits per heavy atom. The van der Waals surface area contributed by atoms with Crippen molar-refractivity contribution in [3.05, 3.63) is 130 Å². The zero-order valence-electron chi connectivity index (χ0n) is 19.8. The van der Waals surface area contributed by atoms with Crippen LogP contribution in [0.1, 0.15) is 39.3 Å². The molecule has 0 atom stereocenters. The number of hydrogen-bond donors (Lipinski definition) is 2. The summed E-state index contributed by atoms with van der Waals surface area (Å²) >= 11 is 0. The molecule has 0 unspecified atom stereocenters. The lowest BCUT2D eigenvalue weighted by atomic mass is 9.84. The van der Waals surface area contributed by atoms with Gasteiger partial charge >= 0.3 is 11.9 Å². The SMILES string of the molecule is Cc1ccc(C(c2ccc(CC(=O)/C=C/C(=O)O)cc2)c2ccc(CC(=O)/C=C/C(=O)O)cc2)cc1. The number of carboxylic acid groups (broad SMARTS) is 2. The third-order valence-electron chi connectivity index (χ3n) is 5.62. The maximum Gasteiger partial charge on any atom is 0.328 e. The number of ketones is 2. The highest BCUT2D eigenvalue weighted by Gasteiger charge is 2.17. The van der Waals surface area contributed by atoms with E-state index in [1.54, 1.807) is 0 Å². The van der Waals surface area contributed by atoms with Crippen molar-refractivity contribution < 1.29 is 29.4 Å². The van der Waals surface area contributed by atoms with Crippen LogP contribution in [0.25, 0.3) is 0 Å². The number of carbonyl (C=O) groups excluding carboxylic acids is 2. The molecule has 36 heavy (non-hydrogen) atoms. The molecular formula is C30H26O6. The average molecular weight is 483 g/mol. The minimum atomic E-state index is -1.16. The second-order valence-electron chi connectivity index (χ2n) is 8.46. The maximum atomic E-state index is 12.0. The molecule has 0 bridgehead atoms. The van der Waals surface area contributed by atoms with E-state index >= 15 is 0 Å². The number of aliphatic carboxylic acids is 2. The summed E-state index contributed by atoms with van der Waals surface area (Å²) in [4.78, 5) is 45.2. The molecule has 2 N–H and O–H groups in total. The second-order valence-corrected chi connectivity index (χ2v) is 8.46. The highest BCUT2D eigenvalue weighted by Crippen LogP contribution is 2.32. The Balaban J connectivity index is 1.86. The summed E-state index contributed by atoms with van der Waals surface area (Å²) < 4.78 is 0. The van der Waals surface area contributed by atoms with Crippen molar-refractivity contribution in [3.8, 4) is 0 Å². The van der Waals surface area contributed by atoms with Gasteiger partial charge in [-0.05, 0) is 46.9 Å². The Morgan fingerprint density at radius 1 is 0.583 bits per heavy atom. The zero-order valence-corrected chi connectivity index (χ0v) is 19.8. The smallest absolute Gasteiger partial charge is 0.328 e. The molecule has 0 fully saturated rings. The quantitative estimate of drug-likeness (QED) is 0.303. The number of aryl methyl sites for hydroxylation is 1. The summed E-state index contributed by atoms with van der Waals surface area (Å²) in [5.74, 6) is -2.98. The van der Waals surface area contributed by atoms with E-state index in [4.69, 9.17) is 10.2 Å². The minimum absolute atomic E-state index is 0.0843. The Labute approximate surface area is 209 Å². The van der Waals surface area contributed by atoms with Gasteiger partial charge in [-0.1, -0.05) is 78.4 Å². The molecule has 6 heteroatoms. The molecule has 0 aliphatic carbocycles. The molecule has 0 aromatic heterocycles. The molecule has 182 valence electrons. The average Bonchev–Trinajstić information content (AvgIpc) is 2.85. The first-order valence-corrected chi connectivity index (χ1v) is 11.3. The number of allylic oxidation sites excluding steroid dienone is 2. The van der Waals surface area contributed by atoms with Gasteiger partial charge in [0.05, 0.1) is 0 Å². The first-order chi connectivity index (χ1) is 17.2. The molecule has 0 spiro atoms. The Kier molecular flexibility index (Phi) is 8.84. The van der Waals surface area contributed by atoms with Crippen molar-refractivity contribution in [1.82, 2.24) is 0 Å². The Bertz CT molecular complexity index is 1220. The molecule has 0 aliphatic rings. The number of carbonyl (C=O) groups is 4. The topological polar surface area (TPSA) is 109 Å². The van der Waals surface area contributed by atoms with E-state index in [0.717, 1.165) is 57.7 Å². The predicted molar refractivity (Wildman–Crippen MR) is 136 cm³/mol. The van der Waals surface area contributed by atoms with Crippen LogP contribution in [0, 0.1) is 6.92 Å². The summed E-state index contributed by atoms with van der Waals surface area (Å²) in [6.07, 6.45) is 4.02. The van der Waals surface area contributed by atoms with Crippen LogP contribution in [0.4, 0.5) is 0 Å². The number of rotatable bonds is 11. The standard InChI is InChI=1S/C30H26O6/c1-20-2-8-23(9-3-20)30(24-10-4-21(5-11-24)18-26(31)14-16-28(33)34)25-12-6-22(7-13-25)19-27(32)15-17-29(35)36/h2-17,30H,18-19H2,1H3,(H,33,34)(H,35,36)/b16-14+,17-15+. The van der Waals surface area contributed by atoms with Crippen molar-refractivity contribution in [2.75, 3.05) is 0 Å². The van der Waals surface area contributed by atoms with Gasteiger partial charge in [-0.15, -0.1) is 0 Å². The summed E-state index contributed by atoms with van der Waals surface area (Å²) in [6.45, 7) is 2.02. The van der Waals surface area contributed by atoms with Crippen LogP contribution in [-0.4, -0.2) is 33.7 Å². The molecule has 0 saturated carbocycles. The molecular weight excluding hydrogens is 456 g/mol. The second kappa shape index (κ2) is 12.2. The van der Waals surface area contributed by atoms with E-state index < -0.39 is 11.9 Å². The predicted octanol–water partition coefficient (Wildman–Crippen LogP) is 4.68. The molecule has 3 rings (SSSR count). The minimum Gasteiger partial charge on any atom is -0.478 e. The van der Waals surface area contributed by atoms with E-state index in [1.165, 1.54) is 0 Å². The molecule has 0 radical (unpaired) electrons. The monoisotopic (exact) mass is 482 g/mol. The number of carboxylic acids is 2. The van der Waals surface area contributed by atoms with Crippen LogP contribution in [-0.2, 0) is 32.0 Å². The number of hydrogen-bond acceptors (Lipinski definition) is 4. The molecule has 6 nitrogen and oxygen atoms in total. The van der Waals surface area contributed by atoms with Gasteiger partial charge < -0.3 is 10.2 Å². The normalized spacial score (nSPS) is 11.3. The van der Waals surface area contributed by atoms with E-state index in [0.29, 0.717) is 0 Å². The fourth-order valence-electron chi connectivity index (χ4n) is 3.84. The van der Waals surface area contributed by atoms with Crippen molar-refractivity contribution >= 4 is 23.5 Å². The first kappa shape index (κ1) is 26.0. The van der Waals surface area contributed by atoms with E-state index in [9.17, 15) is 19.2 Å². The van der Waals surface area contributed by atoms with Gasteiger partial charge in [-0.2, -0.15) is 0 Å². The maximum absolute atomic E-state index is 12.0. The van der Waals surface area contributed by atoms with Gasteiger partial charge in [0, 0.05) is 30.9 Å². The van der Waals surface area contributed by atoms with Crippen LogP contribution in [0.3, 0.4) is 0 Å². The Morgan fingerprint density at radius 3 is 1.25 bits per heavy atom. The molecule has 0 amide bonds. The van der Waals surface area contributed by atoms with Crippen molar-refractivity contribution in [2.45, 2.75) is 25.7 Å². The fourth-order valence-corrected chi connectivity index (χ4v) is 3.84. The van der Waals surface area contributed by atoms with Gasteiger partial charge in [0.15, 0.2) is 11.6 Å². The molecule has 0 aliphatic heterocycles. The van der Waals surface area contributed by atoms with Gasteiger partial charge in [0.25, 0.3) is 0 Å². The van der Waals surface area contributed by atoms with Crippen molar-refractivity contribution in [1.29, 1.82) is 0 Å². The van der Waals surface area contributed by atoms with Crippen LogP contribution in [0.5, 0.6) is 0 Å². The highest BCUT2D eigenvalue weighted by molar-refractivity contribution is 5.97. The summed E-state index contributed by atoms with van der Waals surface area (Å²) in [6, 6.07) is 23.5. The lowest BCUT2D eigenvalue weighted by Gasteiger charge is -2.20. The summed E-state index contributed by atoms with van der Waals surface area (Å²) in [5, 5.41) is 17.4. The lowest BCUT2D eigenvalue weighted by Crippen LogP contribution is -2.06. The number of benzene rings is 3. The van der Waals surface area contributed by atoms with Gasteiger partial charge in [-0.25, -0.2) is 9.59 Å². The van der Waals surface area contributed by atoms with Gasteiger partial charge in [0.1, 0.15) is 0 Å². The van der Waals surface area contributed by atoms with Gasteiger partial charge in [-0.3, -0.25) is 9.59 Å². The summed E-state index contributed by atoms with van der Waals surface area (Å²) in [7, 11) is 0. The highest BCUT2D eigenvalue weighted by atomic mass is 16.4. The van der Waals surface area contributed by atoms with E-state index in [-0.39, 0.29) is 30.3 Å². The molecule has 3 aromatic rings. The molecule has 0 heterocycles. The van der Waals surface area contributed by atoms with Crippen LogP contribution in [0.15, 0.2) is 97.1 Å². The summed E-state index contributed by atoms with van der Waals surface area (Å²) in [5.41, 5.74) is 5.83. The van der Waals surface area contributed by atoms with Gasteiger partial charge in [0.2, 0.25) is 0 Å². The lowest BCUT2D eigenvalue weighted by molar-refractivity contribution is -0.132. The first-order valence-electron chi connectivity index (χ1n) is 11.3.